The van der Waals surface area contributed by atoms with E-state index in [2.05, 4.69) is 160 Å². The molecule has 4 nitrogen and oxygen atoms in total. The van der Waals surface area contributed by atoms with Crippen LogP contribution < -0.4 is 25.6 Å². The van der Waals surface area contributed by atoms with Crippen LogP contribution in [0.1, 0.15) is 17.3 Å². The molecule has 1 atom stereocenters. The maximum absolute atomic E-state index is 17.0. The molecular weight excluding hydrogens is 740 g/mol. The zero-order valence-electron chi connectivity index (χ0n) is 32.0. The molecule has 6 heteroatoms. The summed E-state index contributed by atoms with van der Waals surface area (Å²) in [5.41, 5.74) is 8.13. The predicted octanol–water partition coefficient (Wildman–Crippen LogP) is 10.5. The number of fused-ring (bicyclic) bond motifs is 6. The van der Waals surface area contributed by atoms with E-state index in [1.54, 1.807) is 6.20 Å². The number of hydrogen-bond acceptors (Lipinski definition) is 3. The van der Waals surface area contributed by atoms with Crippen LogP contribution in [0.5, 0.6) is 0 Å². The largest absolute Gasteiger partial charge is 0.309 e. The minimum atomic E-state index is -3.14. The van der Waals surface area contributed by atoms with Gasteiger partial charge in [-0.2, -0.15) is 0 Å². The Kier molecular flexibility index (Phi) is 8.38. The zero-order valence-corrected chi connectivity index (χ0v) is 33.0. The van der Waals surface area contributed by atoms with Gasteiger partial charge in [-0.1, -0.05) is 140 Å². The Morgan fingerprint density at radius 1 is 0.492 bits per heavy atom. The van der Waals surface area contributed by atoms with Gasteiger partial charge in [-0.15, -0.1) is 0 Å². The highest BCUT2D eigenvalue weighted by Crippen LogP contribution is 2.43. The van der Waals surface area contributed by atoms with Crippen molar-refractivity contribution in [2.45, 2.75) is 6.17 Å². The van der Waals surface area contributed by atoms with Crippen molar-refractivity contribution >= 4 is 67.8 Å². The molecule has 59 heavy (non-hydrogen) atoms. The van der Waals surface area contributed by atoms with Gasteiger partial charge in [0.25, 0.3) is 0 Å². The van der Waals surface area contributed by atoms with Gasteiger partial charge < -0.3 is 4.57 Å². The SMILES string of the molecule is FC(c1cccc(-c2ccccn2)c1)c1cccc(N2c3ccc4c(c3[Si](c3ccccc3)(c3ccccc3)c3cccnc32)c2ccccc2n4-c2ccccc2)c1. The Bertz CT molecular complexity index is 3090. The normalized spacial score (nSPS) is 13.5. The third-order valence-corrected chi connectivity index (χ3v) is 16.7. The Morgan fingerprint density at radius 2 is 1.14 bits per heavy atom. The monoisotopic (exact) mass is 776 g/mol. The number of para-hydroxylation sites is 2. The first kappa shape index (κ1) is 34.8. The number of pyridine rings is 2. The molecule has 10 aromatic rings. The van der Waals surface area contributed by atoms with Crippen molar-refractivity contribution in [3.05, 3.63) is 230 Å². The lowest BCUT2D eigenvalue weighted by Crippen LogP contribution is -2.77. The lowest BCUT2D eigenvalue weighted by atomic mass is 9.99. The maximum Gasteiger partial charge on any atom is 0.187 e. The standard InChI is InChI=1S/C53H37FN4Si/c54-51(38-18-14-17-37(35-38)45-28-12-13-33-55-45)39-19-15-22-41(36-39)58-48-32-31-47-50(44-27-10-11-29-46(44)57(47)40-20-4-1-5-21-40)52(48)59(42-23-6-2-7-24-42,43-25-8-3-9-26-43)49-30-16-34-56-53(49)58/h1-36,51H. The van der Waals surface area contributed by atoms with Crippen LogP contribution >= 0.6 is 0 Å². The van der Waals surface area contributed by atoms with E-state index in [4.69, 9.17) is 4.98 Å². The lowest BCUT2D eigenvalue weighted by Gasteiger charge is -2.44. The molecule has 0 bridgehead atoms. The molecule has 0 amide bonds. The van der Waals surface area contributed by atoms with Gasteiger partial charge in [-0.3, -0.25) is 9.88 Å². The van der Waals surface area contributed by atoms with Crippen molar-refractivity contribution in [2.24, 2.45) is 0 Å². The molecule has 0 saturated heterocycles. The van der Waals surface area contributed by atoms with E-state index in [1.165, 1.54) is 31.5 Å². The van der Waals surface area contributed by atoms with Crippen LogP contribution in [-0.2, 0) is 0 Å². The van der Waals surface area contributed by atoms with E-state index in [-0.39, 0.29) is 0 Å². The summed E-state index contributed by atoms with van der Waals surface area (Å²) in [6.07, 6.45) is 2.29. The second-order valence-electron chi connectivity index (χ2n) is 15.0. The van der Waals surface area contributed by atoms with Crippen molar-refractivity contribution in [3.63, 3.8) is 0 Å². The van der Waals surface area contributed by atoms with Gasteiger partial charge in [0.05, 0.1) is 16.7 Å². The molecule has 0 spiro atoms. The minimum absolute atomic E-state index is 0.571. The number of rotatable bonds is 7. The van der Waals surface area contributed by atoms with E-state index in [1.807, 2.05) is 66.9 Å². The molecule has 3 aromatic heterocycles. The third-order valence-electron chi connectivity index (χ3n) is 11.8. The summed E-state index contributed by atoms with van der Waals surface area (Å²) in [6.45, 7) is 0. The third kappa shape index (κ3) is 5.48. The van der Waals surface area contributed by atoms with E-state index in [9.17, 15) is 0 Å². The molecule has 0 saturated carbocycles. The average molecular weight is 777 g/mol. The van der Waals surface area contributed by atoms with Gasteiger partial charge in [-0.25, -0.2) is 9.37 Å². The summed E-state index contributed by atoms with van der Waals surface area (Å²) in [4.78, 5) is 12.0. The Morgan fingerprint density at radius 3 is 1.88 bits per heavy atom. The second-order valence-corrected chi connectivity index (χ2v) is 18.7. The van der Waals surface area contributed by atoms with Gasteiger partial charge in [0.1, 0.15) is 5.82 Å². The summed E-state index contributed by atoms with van der Waals surface area (Å²) < 4.78 is 19.4. The fourth-order valence-corrected chi connectivity index (χ4v) is 14.7. The summed E-state index contributed by atoms with van der Waals surface area (Å²) >= 11 is 0. The van der Waals surface area contributed by atoms with Crippen LogP contribution in [0.15, 0.2) is 219 Å². The first-order chi connectivity index (χ1) is 29.2. The van der Waals surface area contributed by atoms with Crippen molar-refractivity contribution in [1.29, 1.82) is 0 Å². The van der Waals surface area contributed by atoms with Crippen LogP contribution in [0.4, 0.5) is 21.6 Å². The number of hydrogen-bond donors (Lipinski definition) is 0. The number of aromatic nitrogens is 3. The van der Waals surface area contributed by atoms with Crippen LogP contribution in [-0.4, -0.2) is 22.6 Å². The Hall–Kier alpha value is -7.41. The molecule has 280 valence electrons. The van der Waals surface area contributed by atoms with Crippen LogP contribution in [0, 0.1) is 0 Å². The summed E-state index contributed by atoms with van der Waals surface area (Å²) in [5.74, 6) is 0.857. The number of benzene rings is 7. The highest BCUT2D eigenvalue weighted by atomic mass is 28.3. The van der Waals surface area contributed by atoms with Gasteiger partial charge in [0, 0.05) is 45.8 Å². The molecule has 7 aromatic carbocycles. The highest BCUT2D eigenvalue weighted by molar-refractivity contribution is 7.22. The number of anilines is 3. The molecule has 1 unspecified atom stereocenters. The summed E-state index contributed by atoms with van der Waals surface area (Å²) in [7, 11) is -3.14. The van der Waals surface area contributed by atoms with Crippen molar-refractivity contribution in [3.8, 4) is 16.9 Å². The highest BCUT2D eigenvalue weighted by Gasteiger charge is 2.51. The molecule has 1 aliphatic heterocycles. The quantitative estimate of drug-likeness (QED) is 0.151. The molecule has 11 rings (SSSR count). The second kappa shape index (κ2) is 14.2. The first-order valence-electron chi connectivity index (χ1n) is 20.0. The molecule has 0 radical (unpaired) electrons. The molecule has 0 N–H and O–H groups in total. The summed E-state index contributed by atoms with van der Waals surface area (Å²) in [6, 6.07) is 71.8. The van der Waals surface area contributed by atoms with Crippen LogP contribution in [0.2, 0.25) is 0 Å². The zero-order chi connectivity index (χ0) is 39.3. The molecular formula is C53H37FN4Si. The van der Waals surface area contributed by atoms with E-state index in [0.29, 0.717) is 11.1 Å². The molecule has 4 heterocycles. The Labute approximate surface area is 343 Å². The van der Waals surface area contributed by atoms with E-state index < -0.39 is 14.2 Å². The molecule has 0 aliphatic carbocycles. The Balaban J connectivity index is 1.21. The van der Waals surface area contributed by atoms with E-state index >= 15 is 4.39 Å². The van der Waals surface area contributed by atoms with Crippen LogP contribution in [0.3, 0.4) is 0 Å². The number of nitrogens with zero attached hydrogens (tertiary/aromatic N) is 4. The fourth-order valence-electron chi connectivity index (χ4n) is 9.39. The van der Waals surface area contributed by atoms with Crippen molar-refractivity contribution in [1.82, 2.24) is 14.5 Å². The molecule has 0 fully saturated rings. The number of halogens is 1. The summed E-state index contributed by atoms with van der Waals surface area (Å²) in [5, 5.41) is 7.41. The van der Waals surface area contributed by atoms with Gasteiger partial charge >= 0.3 is 0 Å². The van der Waals surface area contributed by atoms with Gasteiger partial charge in [0.15, 0.2) is 14.2 Å². The average Bonchev–Trinajstić information content (AvgIpc) is 3.66. The molecule has 1 aliphatic rings. The van der Waals surface area contributed by atoms with E-state index in [0.717, 1.165) is 45.2 Å². The van der Waals surface area contributed by atoms with Crippen LogP contribution in [0.25, 0.3) is 38.8 Å². The lowest BCUT2D eigenvalue weighted by molar-refractivity contribution is 0.402. The maximum atomic E-state index is 17.0. The smallest absolute Gasteiger partial charge is 0.187 e. The topological polar surface area (TPSA) is 34.0 Å². The van der Waals surface area contributed by atoms with Gasteiger partial charge in [-0.05, 0) is 98.6 Å². The minimum Gasteiger partial charge on any atom is -0.309 e. The van der Waals surface area contributed by atoms with Gasteiger partial charge in [0.2, 0.25) is 0 Å². The van der Waals surface area contributed by atoms with Crippen molar-refractivity contribution < 1.29 is 4.39 Å². The fraction of sp³-hybridized carbons (Fsp3) is 0.0189. The number of alkyl halides is 1. The first-order valence-corrected chi connectivity index (χ1v) is 22.0. The van der Waals surface area contributed by atoms with Crippen molar-refractivity contribution in [2.75, 3.05) is 4.90 Å². The predicted molar refractivity (Wildman–Crippen MR) is 243 cm³/mol.